The fourth-order valence-corrected chi connectivity index (χ4v) is 2.67. The van der Waals surface area contributed by atoms with E-state index in [4.69, 9.17) is 0 Å². The van der Waals surface area contributed by atoms with Gasteiger partial charge in [0, 0.05) is 6.20 Å². The van der Waals surface area contributed by atoms with Gasteiger partial charge in [0.05, 0.1) is 22.3 Å². The summed E-state index contributed by atoms with van der Waals surface area (Å²) in [6.07, 6.45) is 1.88. The van der Waals surface area contributed by atoms with Crippen LogP contribution < -0.4 is 5.32 Å². The molecule has 0 aliphatic heterocycles. The van der Waals surface area contributed by atoms with E-state index in [2.05, 4.69) is 26.2 Å². The van der Waals surface area contributed by atoms with Crippen molar-refractivity contribution in [1.29, 1.82) is 0 Å². The van der Waals surface area contributed by atoms with Crippen LogP contribution in [-0.4, -0.2) is 32.5 Å². The largest absolute Gasteiger partial charge is 0.394 e. The van der Waals surface area contributed by atoms with Gasteiger partial charge >= 0.3 is 0 Å². The Morgan fingerprint density at radius 2 is 2.15 bits per heavy atom. The van der Waals surface area contributed by atoms with Crippen molar-refractivity contribution in [3.05, 3.63) is 33.7 Å². The number of aliphatic hydroxyl groups excluding tert-OH is 1. The summed E-state index contributed by atoms with van der Waals surface area (Å²) in [5.41, 5.74) is 2.21. The number of rotatable bonds is 3. The van der Waals surface area contributed by atoms with Crippen molar-refractivity contribution in [2.75, 3.05) is 6.61 Å². The molecule has 0 unspecified atom stereocenters. The summed E-state index contributed by atoms with van der Waals surface area (Å²) in [5.74, 6) is -0.244. The van der Waals surface area contributed by atoms with E-state index in [0.717, 1.165) is 10.0 Å². The van der Waals surface area contributed by atoms with Crippen LogP contribution in [0.3, 0.4) is 0 Å². The van der Waals surface area contributed by atoms with Crippen LogP contribution in [0.2, 0.25) is 0 Å². The molecule has 0 aliphatic carbocycles. The van der Waals surface area contributed by atoms with Crippen molar-refractivity contribution in [2.45, 2.75) is 33.2 Å². The highest BCUT2D eigenvalue weighted by Crippen LogP contribution is 2.22. The van der Waals surface area contributed by atoms with Gasteiger partial charge in [0.1, 0.15) is 5.69 Å². The van der Waals surface area contributed by atoms with E-state index in [-0.39, 0.29) is 12.5 Å². The zero-order valence-electron chi connectivity index (χ0n) is 12.0. The molecule has 0 saturated carbocycles. The predicted octanol–water partition coefficient (Wildman–Crippen LogP) is 2.21. The summed E-state index contributed by atoms with van der Waals surface area (Å²) >= 11 is 3.46. The maximum Gasteiger partial charge on any atom is 0.270 e. The fourth-order valence-electron chi connectivity index (χ4n) is 2.03. The van der Waals surface area contributed by atoms with Crippen LogP contribution in [0, 0.1) is 13.8 Å². The van der Waals surface area contributed by atoms with Crippen LogP contribution in [0.4, 0.5) is 0 Å². The van der Waals surface area contributed by atoms with Crippen LogP contribution in [0.5, 0.6) is 0 Å². The lowest BCUT2D eigenvalue weighted by Gasteiger charge is -2.23. The summed E-state index contributed by atoms with van der Waals surface area (Å²) in [5, 5.41) is 12.1. The van der Waals surface area contributed by atoms with Crippen LogP contribution >= 0.6 is 15.9 Å². The topological polar surface area (TPSA) is 66.6 Å². The standard InChI is InChI=1S/C14H18BrN3O2/c1-8-5-10(15)12-16-9(2)11(18(12)6-8)13(20)17-14(3,4)7-19/h5-6,19H,7H2,1-4H3,(H,17,20). The number of hydrogen-bond acceptors (Lipinski definition) is 3. The van der Waals surface area contributed by atoms with Gasteiger partial charge in [-0.25, -0.2) is 4.98 Å². The molecule has 2 rings (SSSR count). The predicted molar refractivity (Wildman–Crippen MR) is 81.0 cm³/mol. The first-order chi connectivity index (χ1) is 9.25. The quantitative estimate of drug-likeness (QED) is 0.900. The van der Waals surface area contributed by atoms with Gasteiger partial charge in [-0.3, -0.25) is 9.20 Å². The maximum absolute atomic E-state index is 12.4. The minimum absolute atomic E-state index is 0.128. The number of amides is 1. The zero-order chi connectivity index (χ0) is 15.1. The van der Waals surface area contributed by atoms with E-state index in [9.17, 15) is 9.90 Å². The fraction of sp³-hybridized carbons (Fsp3) is 0.429. The highest BCUT2D eigenvalue weighted by Gasteiger charge is 2.24. The third kappa shape index (κ3) is 2.71. The van der Waals surface area contributed by atoms with E-state index >= 15 is 0 Å². The summed E-state index contributed by atoms with van der Waals surface area (Å²) < 4.78 is 2.62. The van der Waals surface area contributed by atoms with Gasteiger partial charge in [0.2, 0.25) is 0 Å². The number of aromatic nitrogens is 2. The Kier molecular flexibility index (Phi) is 3.88. The zero-order valence-corrected chi connectivity index (χ0v) is 13.6. The molecule has 6 heteroatoms. The van der Waals surface area contributed by atoms with Crippen LogP contribution in [0.25, 0.3) is 5.65 Å². The molecular weight excluding hydrogens is 322 g/mol. The summed E-state index contributed by atoms with van der Waals surface area (Å²) in [6, 6.07) is 1.96. The van der Waals surface area contributed by atoms with E-state index in [0.29, 0.717) is 17.0 Å². The molecule has 2 aromatic heterocycles. The highest BCUT2D eigenvalue weighted by molar-refractivity contribution is 9.10. The van der Waals surface area contributed by atoms with Crippen molar-refractivity contribution < 1.29 is 9.90 Å². The minimum Gasteiger partial charge on any atom is -0.394 e. The number of imidazole rings is 1. The van der Waals surface area contributed by atoms with Crippen molar-refractivity contribution >= 4 is 27.5 Å². The number of pyridine rings is 1. The molecule has 0 aromatic carbocycles. The maximum atomic E-state index is 12.4. The van der Waals surface area contributed by atoms with Gasteiger partial charge in [-0.2, -0.15) is 0 Å². The molecule has 108 valence electrons. The van der Waals surface area contributed by atoms with Crippen LogP contribution in [0.15, 0.2) is 16.7 Å². The third-order valence-corrected chi connectivity index (χ3v) is 3.63. The number of carbonyl (C=O) groups excluding carboxylic acids is 1. The second-order valence-corrected chi connectivity index (χ2v) is 6.46. The van der Waals surface area contributed by atoms with E-state index in [1.54, 1.807) is 25.2 Å². The Balaban J connectivity index is 2.54. The number of aryl methyl sites for hydroxylation is 2. The first kappa shape index (κ1) is 15.0. The second-order valence-electron chi connectivity index (χ2n) is 5.60. The van der Waals surface area contributed by atoms with Gasteiger partial charge in [0.15, 0.2) is 5.65 Å². The van der Waals surface area contributed by atoms with Crippen molar-refractivity contribution in [3.8, 4) is 0 Å². The number of fused-ring (bicyclic) bond motifs is 1. The first-order valence-electron chi connectivity index (χ1n) is 6.33. The first-order valence-corrected chi connectivity index (χ1v) is 7.12. The molecule has 5 nitrogen and oxygen atoms in total. The molecule has 2 N–H and O–H groups in total. The van der Waals surface area contributed by atoms with E-state index in [1.165, 1.54) is 0 Å². The average molecular weight is 340 g/mol. The lowest BCUT2D eigenvalue weighted by atomic mass is 10.1. The molecular formula is C14H18BrN3O2. The van der Waals surface area contributed by atoms with Gasteiger partial charge in [-0.1, -0.05) is 0 Å². The SMILES string of the molecule is Cc1cc(Br)c2nc(C)c(C(=O)NC(C)(C)CO)n2c1. The molecule has 20 heavy (non-hydrogen) atoms. The number of hydrogen-bond donors (Lipinski definition) is 2. The van der Waals surface area contributed by atoms with Gasteiger partial charge in [0.25, 0.3) is 5.91 Å². The molecule has 0 fully saturated rings. The van der Waals surface area contributed by atoms with Crippen molar-refractivity contribution in [3.63, 3.8) is 0 Å². The monoisotopic (exact) mass is 339 g/mol. The van der Waals surface area contributed by atoms with Gasteiger partial charge in [-0.05, 0) is 55.3 Å². The highest BCUT2D eigenvalue weighted by atomic mass is 79.9. The summed E-state index contributed by atoms with van der Waals surface area (Å²) in [4.78, 5) is 16.9. The molecule has 2 aromatic rings. The number of aliphatic hydroxyl groups is 1. The minimum atomic E-state index is -0.672. The van der Waals surface area contributed by atoms with Gasteiger partial charge < -0.3 is 10.4 Å². The van der Waals surface area contributed by atoms with Crippen LogP contribution in [-0.2, 0) is 0 Å². The molecule has 0 atom stereocenters. The molecule has 1 amide bonds. The Morgan fingerprint density at radius 1 is 1.50 bits per heavy atom. The smallest absolute Gasteiger partial charge is 0.270 e. The number of nitrogens with zero attached hydrogens (tertiary/aromatic N) is 2. The third-order valence-electron chi connectivity index (χ3n) is 3.05. The van der Waals surface area contributed by atoms with Crippen molar-refractivity contribution in [1.82, 2.24) is 14.7 Å². The Hall–Kier alpha value is -1.40. The summed E-state index contributed by atoms with van der Waals surface area (Å²) in [6.45, 7) is 7.17. The second kappa shape index (κ2) is 5.18. The summed E-state index contributed by atoms with van der Waals surface area (Å²) in [7, 11) is 0. The van der Waals surface area contributed by atoms with E-state index < -0.39 is 5.54 Å². The molecule has 0 aliphatic rings. The van der Waals surface area contributed by atoms with E-state index in [1.807, 2.05) is 19.2 Å². The molecule has 0 saturated heterocycles. The normalized spacial score (nSPS) is 11.9. The van der Waals surface area contributed by atoms with Gasteiger partial charge in [-0.15, -0.1) is 0 Å². The Bertz CT molecular complexity index is 677. The molecule has 2 heterocycles. The van der Waals surface area contributed by atoms with Crippen LogP contribution in [0.1, 0.15) is 35.6 Å². The lowest BCUT2D eigenvalue weighted by molar-refractivity contribution is 0.0862. The Labute approximate surface area is 126 Å². The lowest BCUT2D eigenvalue weighted by Crippen LogP contribution is -2.46. The average Bonchev–Trinajstić information content (AvgIpc) is 2.65. The molecule has 0 radical (unpaired) electrons. The molecule has 0 spiro atoms. The van der Waals surface area contributed by atoms with Crippen molar-refractivity contribution in [2.24, 2.45) is 0 Å². The molecule has 0 bridgehead atoms. The number of nitrogens with one attached hydrogen (secondary N) is 1. The Morgan fingerprint density at radius 3 is 2.75 bits per heavy atom. The number of halogens is 1. The number of carbonyl (C=O) groups is 1.